The average molecular weight is 761 g/mol. The molecule has 0 aliphatic rings. The summed E-state index contributed by atoms with van der Waals surface area (Å²) in [4.78, 5) is 17.4. The molecule has 0 saturated heterocycles. The van der Waals surface area contributed by atoms with E-state index in [4.69, 9.17) is 0 Å². The van der Waals surface area contributed by atoms with Crippen molar-refractivity contribution in [3.8, 4) is 23.0 Å². The summed E-state index contributed by atoms with van der Waals surface area (Å²) in [5.41, 5.74) is 6.08. The molecule has 0 aliphatic carbocycles. The highest BCUT2D eigenvalue weighted by atomic mass is 16.3. The predicted octanol–water partition coefficient (Wildman–Crippen LogP) is 12.0. The third-order valence-corrected chi connectivity index (χ3v) is 8.52. The van der Waals surface area contributed by atoms with Crippen molar-refractivity contribution >= 4 is 58.4 Å². The summed E-state index contributed by atoms with van der Waals surface area (Å²) in [7, 11) is 0. The zero-order chi connectivity index (χ0) is 40.4. The minimum Gasteiger partial charge on any atom is -0.507 e. The van der Waals surface area contributed by atoms with Gasteiger partial charge in [0.25, 0.3) is 0 Å². The van der Waals surface area contributed by atoms with Crippen molar-refractivity contribution in [1.82, 2.24) is 0 Å². The van der Waals surface area contributed by atoms with E-state index in [1.54, 1.807) is 85.5 Å². The lowest BCUT2D eigenvalue weighted by molar-refractivity contribution is 0.474. The number of nitrogens with zero attached hydrogens (tertiary/aromatic N) is 4. The summed E-state index contributed by atoms with van der Waals surface area (Å²) in [5, 5.41) is 40.9. The van der Waals surface area contributed by atoms with Gasteiger partial charge in [-0.2, -0.15) is 0 Å². The first-order valence-corrected chi connectivity index (χ1v) is 18.3. The van der Waals surface area contributed by atoms with Crippen LogP contribution in [0.3, 0.4) is 0 Å². The second-order valence-corrected chi connectivity index (χ2v) is 12.6. The van der Waals surface area contributed by atoms with Crippen molar-refractivity contribution in [1.29, 1.82) is 0 Å². The van der Waals surface area contributed by atoms with E-state index < -0.39 is 0 Å². The molecule has 8 rings (SSSR count). The second kappa shape index (κ2) is 20.5. The van der Waals surface area contributed by atoms with Gasteiger partial charge in [0.15, 0.2) is 0 Å². The Bertz CT molecular complexity index is 2590. The van der Waals surface area contributed by atoms with Crippen LogP contribution in [0.1, 0.15) is 22.3 Å². The van der Waals surface area contributed by atoms with Gasteiger partial charge < -0.3 is 20.4 Å². The normalized spacial score (nSPS) is 11.1. The van der Waals surface area contributed by atoms with Gasteiger partial charge in [0.1, 0.15) is 23.0 Å². The molecule has 284 valence electrons. The molecule has 0 spiro atoms. The third kappa shape index (κ3) is 11.7. The lowest BCUT2D eigenvalue weighted by Crippen LogP contribution is -1.81. The van der Waals surface area contributed by atoms with Crippen molar-refractivity contribution in [3.05, 3.63) is 216 Å². The number of para-hydroxylation sites is 5. The molecule has 8 nitrogen and oxygen atoms in total. The van der Waals surface area contributed by atoms with Crippen LogP contribution in [0.15, 0.2) is 214 Å². The maximum absolute atomic E-state index is 9.71. The van der Waals surface area contributed by atoms with Crippen LogP contribution in [0.5, 0.6) is 23.0 Å². The number of phenols is 4. The number of phenolic OH excluding ortho intramolecular Hbond substituents is 4. The number of fused-ring (bicyclic) bond motifs is 1. The van der Waals surface area contributed by atoms with Gasteiger partial charge in [0.05, 0.1) is 22.7 Å². The summed E-state index contributed by atoms with van der Waals surface area (Å²) < 4.78 is 0. The first-order valence-electron chi connectivity index (χ1n) is 18.3. The van der Waals surface area contributed by atoms with Crippen LogP contribution in [0.25, 0.3) is 10.8 Å². The predicted molar refractivity (Wildman–Crippen MR) is 238 cm³/mol. The van der Waals surface area contributed by atoms with Gasteiger partial charge in [-0.05, 0) is 96.4 Å². The van der Waals surface area contributed by atoms with E-state index in [-0.39, 0.29) is 23.0 Å². The van der Waals surface area contributed by atoms with Gasteiger partial charge in [-0.1, -0.05) is 103 Å². The second-order valence-electron chi connectivity index (χ2n) is 12.6. The smallest absolute Gasteiger partial charge is 0.124 e. The fourth-order valence-electron chi connectivity index (χ4n) is 5.42. The standard InChI is InChI=1S/C20H16N2O2.C17H13NO.C13H11NO/c23-19-7-3-1-5-15(19)13-21-17-9-11-18(12-10-17)22-14-16-6-2-4-8-20(16)24;19-17-11-4-2-7-14(17)12-18-16-10-5-8-13-6-1-3-9-15(13)16;15-13-9-5-4-6-11(13)10-14-12-7-2-1-3-8-12/h1-14,23-24H;1-12,19H;1-10,15H. The van der Waals surface area contributed by atoms with Crippen molar-refractivity contribution < 1.29 is 20.4 Å². The number of aliphatic imine (C=N–C) groups is 4. The Morgan fingerprint density at radius 2 is 0.603 bits per heavy atom. The van der Waals surface area contributed by atoms with Crippen molar-refractivity contribution in [2.45, 2.75) is 0 Å². The highest BCUT2D eigenvalue weighted by Crippen LogP contribution is 2.26. The summed E-state index contributed by atoms with van der Waals surface area (Å²) in [5.74, 6) is 0.888. The van der Waals surface area contributed by atoms with Crippen LogP contribution in [0.2, 0.25) is 0 Å². The van der Waals surface area contributed by atoms with Gasteiger partial charge in [0.2, 0.25) is 0 Å². The Labute approximate surface area is 337 Å². The van der Waals surface area contributed by atoms with E-state index in [0.29, 0.717) is 11.1 Å². The fourth-order valence-corrected chi connectivity index (χ4v) is 5.42. The van der Waals surface area contributed by atoms with Gasteiger partial charge in [-0.15, -0.1) is 0 Å². The highest BCUT2D eigenvalue weighted by Gasteiger charge is 2.00. The van der Waals surface area contributed by atoms with Crippen molar-refractivity contribution in [2.75, 3.05) is 0 Å². The van der Waals surface area contributed by atoms with Gasteiger partial charge in [-0.25, -0.2) is 0 Å². The molecule has 8 heteroatoms. The fraction of sp³-hybridized carbons (Fsp3) is 0. The Balaban J connectivity index is 0.000000151. The monoisotopic (exact) mass is 760 g/mol. The molecular weight excluding hydrogens is 721 g/mol. The number of benzene rings is 8. The Hall–Kier alpha value is -8.10. The molecule has 0 aliphatic heterocycles. The van der Waals surface area contributed by atoms with E-state index in [2.05, 4.69) is 32.1 Å². The summed E-state index contributed by atoms with van der Waals surface area (Å²) in [6, 6.07) is 59.5. The molecule has 0 bridgehead atoms. The maximum atomic E-state index is 9.71. The average Bonchev–Trinajstić information content (AvgIpc) is 3.26. The molecule has 0 radical (unpaired) electrons. The number of hydrogen-bond donors (Lipinski definition) is 4. The van der Waals surface area contributed by atoms with Gasteiger partial charge in [0, 0.05) is 52.5 Å². The molecule has 0 amide bonds. The van der Waals surface area contributed by atoms with E-state index in [0.717, 1.165) is 44.6 Å². The minimum absolute atomic E-state index is 0.199. The summed E-state index contributed by atoms with van der Waals surface area (Å²) in [6.07, 6.45) is 6.59. The molecular formula is C50H40N4O4. The Morgan fingerprint density at radius 1 is 0.276 bits per heavy atom. The quantitative estimate of drug-likeness (QED) is 0.115. The van der Waals surface area contributed by atoms with Crippen molar-refractivity contribution in [2.24, 2.45) is 20.0 Å². The third-order valence-electron chi connectivity index (χ3n) is 8.52. The van der Waals surface area contributed by atoms with Crippen molar-refractivity contribution in [3.63, 3.8) is 0 Å². The molecule has 0 atom stereocenters. The number of rotatable bonds is 8. The first-order chi connectivity index (χ1) is 28.4. The van der Waals surface area contributed by atoms with Gasteiger partial charge >= 0.3 is 0 Å². The SMILES string of the molecule is Oc1ccccc1C=Nc1ccc(N=Cc2ccccc2O)cc1.Oc1ccccc1C=Nc1cccc2ccccc12.Oc1ccccc1C=Nc1ccccc1. The number of aromatic hydroxyl groups is 4. The van der Waals surface area contributed by atoms with Crippen LogP contribution in [-0.2, 0) is 0 Å². The lowest BCUT2D eigenvalue weighted by atomic mass is 10.1. The van der Waals surface area contributed by atoms with E-state index >= 15 is 0 Å². The molecule has 8 aromatic rings. The van der Waals surface area contributed by atoms with Crippen LogP contribution in [0, 0.1) is 0 Å². The molecule has 0 unspecified atom stereocenters. The lowest BCUT2D eigenvalue weighted by Gasteiger charge is -2.01. The molecule has 0 fully saturated rings. The zero-order valence-electron chi connectivity index (χ0n) is 31.4. The van der Waals surface area contributed by atoms with Crippen LogP contribution >= 0.6 is 0 Å². The molecule has 4 N–H and O–H groups in total. The van der Waals surface area contributed by atoms with Crippen LogP contribution in [-0.4, -0.2) is 45.3 Å². The topological polar surface area (TPSA) is 130 Å². The minimum atomic E-state index is 0.199. The molecule has 0 aromatic heterocycles. The highest BCUT2D eigenvalue weighted by molar-refractivity contribution is 5.96. The zero-order valence-corrected chi connectivity index (χ0v) is 31.4. The molecule has 0 saturated carbocycles. The van der Waals surface area contributed by atoms with Gasteiger partial charge in [-0.3, -0.25) is 20.0 Å². The Morgan fingerprint density at radius 3 is 1.03 bits per heavy atom. The largest absolute Gasteiger partial charge is 0.507 e. The number of hydrogen-bond acceptors (Lipinski definition) is 8. The van der Waals surface area contributed by atoms with Crippen LogP contribution < -0.4 is 0 Å². The van der Waals surface area contributed by atoms with E-state index in [1.165, 1.54) is 0 Å². The van der Waals surface area contributed by atoms with E-state index in [9.17, 15) is 20.4 Å². The first kappa shape index (κ1) is 39.6. The Kier molecular flexibility index (Phi) is 14.0. The van der Waals surface area contributed by atoms with Crippen LogP contribution in [0.4, 0.5) is 22.7 Å². The molecule has 58 heavy (non-hydrogen) atoms. The van der Waals surface area contributed by atoms with E-state index in [1.807, 2.05) is 121 Å². The molecule has 8 aromatic carbocycles. The summed E-state index contributed by atoms with van der Waals surface area (Å²) in [6.45, 7) is 0. The molecule has 0 heterocycles. The maximum Gasteiger partial charge on any atom is 0.124 e. The summed E-state index contributed by atoms with van der Waals surface area (Å²) >= 11 is 0.